The lowest BCUT2D eigenvalue weighted by Crippen LogP contribution is -2.42. The van der Waals surface area contributed by atoms with E-state index in [0.29, 0.717) is 43.1 Å². The van der Waals surface area contributed by atoms with E-state index in [0.717, 1.165) is 5.69 Å². The van der Waals surface area contributed by atoms with Gasteiger partial charge in [0.05, 0.1) is 24.9 Å². The van der Waals surface area contributed by atoms with Crippen LogP contribution in [0, 0.1) is 5.82 Å². The second-order valence-electron chi connectivity index (χ2n) is 7.67. The molecule has 168 valence electrons. The summed E-state index contributed by atoms with van der Waals surface area (Å²) in [6, 6.07) is 10.3. The van der Waals surface area contributed by atoms with Crippen LogP contribution >= 0.6 is 0 Å². The third-order valence-electron chi connectivity index (χ3n) is 5.52. The summed E-state index contributed by atoms with van der Waals surface area (Å²) in [5.41, 5.74) is 1.80. The predicted octanol–water partition coefficient (Wildman–Crippen LogP) is 2.15. The topological polar surface area (TPSA) is 88.2 Å². The highest BCUT2D eigenvalue weighted by atomic mass is 19.1. The summed E-state index contributed by atoms with van der Waals surface area (Å²) in [6.45, 7) is 4.06. The largest absolute Gasteiger partial charge is 0.447 e. The molecule has 2 saturated heterocycles. The van der Waals surface area contributed by atoms with E-state index in [-0.39, 0.29) is 24.5 Å². The number of anilines is 2. The number of cyclic esters (lactones) is 1. The Kier molecular flexibility index (Phi) is 6.36. The van der Waals surface area contributed by atoms with Crippen LogP contribution in [0.2, 0.25) is 0 Å². The van der Waals surface area contributed by atoms with Crippen molar-refractivity contribution in [1.29, 1.82) is 0 Å². The standard InChI is InChI=1S/C23H24FN3O5/c1-15(28)25-13-17-14-32-23(30)27(17)16-2-5-19(21(24)12-16)20-6-3-18(29)4-7-22(20)26-8-10-31-11-9-26/h2-7,12,17H,8-11,13-14H2,1H3,(H,25,28)/t17-/m0/s1. The Hall–Kier alpha value is -3.46. The van der Waals surface area contributed by atoms with Crippen molar-refractivity contribution in [1.82, 2.24) is 5.32 Å². The van der Waals surface area contributed by atoms with Gasteiger partial charge in [0, 0.05) is 43.4 Å². The number of benzene rings is 1. The Morgan fingerprint density at radius 2 is 1.81 bits per heavy atom. The Labute approximate surface area is 184 Å². The molecule has 1 N–H and O–H groups in total. The van der Waals surface area contributed by atoms with Crippen LogP contribution in [0.1, 0.15) is 6.92 Å². The molecule has 2 aliphatic rings. The van der Waals surface area contributed by atoms with Crippen molar-refractivity contribution in [2.24, 2.45) is 0 Å². The number of ether oxygens (including phenoxy) is 2. The van der Waals surface area contributed by atoms with Gasteiger partial charge in [0.2, 0.25) is 5.91 Å². The molecule has 0 aliphatic carbocycles. The van der Waals surface area contributed by atoms with Crippen LogP contribution in [-0.2, 0) is 14.3 Å². The fraction of sp³-hybridized carbons (Fsp3) is 0.348. The van der Waals surface area contributed by atoms with Gasteiger partial charge in [0.1, 0.15) is 12.4 Å². The Morgan fingerprint density at radius 1 is 1.09 bits per heavy atom. The van der Waals surface area contributed by atoms with E-state index in [1.807, 2.05) is 0 Å². The summed E-state index contributed by atoms with van der Waals surface area (Å²) in [4.78, 5) is 38.9. The highest BCUT2D eigenvalue weighted by Crippen LogP contribution is 2.34. The summed E-state index contributed by atoms with van der Waals surface area (Å²) in [7, 11) is 0. The fourth-order valence-electron chi connectivity index (χ4n) is 3.93. The van der Waals surface area contributed by atoms with Crippen LogP contribution in [0.5, 0.6) is 0 Å². The van der Waals surface area contributed by atoms with Gasteiger partial charge in [-0.1, -0.05) is 0 Å². The van der Waals surface area contributed by atoms with Crippen LogP contribution in [0.3, 0.4) is 0 Å². The van der Waals surface area contributed by atoms with Gasteiger partial charge in [0.25, 0.3) is 0 Å². The molecule has 2 aliphatic heterocycles. The summed E-state index contributed by atoms with van der Waals surface area (Å²) in [5, 5.41) is 2.66. The molecule has 32 heavy (non-hydrogen) atoms. The number of rotatable bonds is 5. The molecule has 8 nitrogen and oxygen atoms in total. The third-order valence-corrected chi connectivity index (χ3v) is 5.52. The molecule has 0 radical (unpaired) electrons. The number of nitrogens with zero attached hydrogens (tertiary/aromatic N) is 2. The first-order valence-corrected chi connectivity index (χ1v) is 10.4. The van der Waals surface area contributed by atoms with Crippen molar-refractivity contribution in [3.05, 3.63) is 58.5 Å². The van der Waals surface area contributed by atoms with E-state index < -0.39 is 18.0 Å². The molecular formula is C23H24FN3O5. The molecule has 2 fully saturated rings. The number of hydrogen-bond donors (Lipinski definition) is 1. The van der Waals surface area contributed by atoms with Gasteiger partial charge in [-0.05, 0) is 42.5 Å². The van der Waals surface area contributed by atoms with Gasteiger partial charge >= 0.3 is 6.09 Å². The molecule has 0 saturated carbocycles. The number of hydrogen-bond acceptors (Lipinski definition) is 6. The van der Waals surface area contributed by atoms with Crippen LogP contribution in [0.4, 0.5) is 20.6 Å². The second kappa shape index (κ2) is 9.35. The molecule has 0 bridgehead atoms. The van der Waals surface area contributed by atoms with Crippen molar-refractivity contribution in [2.45, 2.75) is 13.0 Å². The van der Waals surface area contributed by atoms with E-state index in [9.17, 15) is 14.4 Å². The highest BCUT2D eigenvalue weighted by molar-refractivity contribution is 5.91. The molecule has 0 unspecified atom stereocenters. The minimum atomic E-state index is -0.594. The minimum Gasteiger partial charge on any atom is -0.447 e. The van der Waals surface area contributed by atoms with Gasteiger partial charge in [-0.25, -0.2) is 9.18 Å². The molecule has 9 heteroatoms. The van der Waals surface area contributed by atoms with Crippen molar-refractivity contribution in [2.75, 3.05) is 49.3 Å². The number of halogens is 1. The zero-order valence-corrected chi connectivity index (χ0v) is 17.7. The molecule has 2 amide bonds. The zero-order chi connectivity index (χ0) is 22.7. The molecular weight excluding hydrogens is 417 g/mol. The fourth-order valence-corrected chi connectivity index (χ4v) is 3.93. The van der Waals surface area contributed by atoms with E-state index >= 15 is 4.39 Å². The van der Waals surface area contributed by atoms with Crippen molar-refractivity contribution in [3.63, 3.8) is 0 Å². The molecule has 2 aromatic carbocycles. The van der Waals surface area contributed by atoms with Crippen LogP contribution in [-0.4, -0.2) is 57.5 Å². The maximum absolute atomic E-state index is 15.4. The summed E-state index contributed by atoms with van der Waals surface area (Å²) in [6.07, 6.45) is -0.594. The van der Waals surface area contributed by atoms with E-state index in [1.54, 1.807) is 24.3 Å². The number of amides is 2. The van der Waals surface area contributed by atoms with E-state index in [4.69, 9.17) is 9.47 Å². The van der Waals surface area contributed by atoms with Gasteiger partial charge < -0.3 is 19.7 Å². The maximum Gasteiger partial charge on any atom is 0.414 e. The molecule has 0 aromatic heterocycles. The lowest BCUT2D eigenvalue weighted by Gasteiger charge is -2.30. The van der Waals surface area contributed by atoms with Crippen LogP contribution < -0.4 is 20.5 Å². The quantitative estimate of drug-likeness (QED) is 0.765. The zero-order valence-electron chi connectivity index (χ0n) is 17.7. The Bertz CT molecular complexity index is 1090. The van der Waals surface area contributed by atoms with Gasteiger partial charge in [-0.2, -0.15) is 0 Å². The molecule has 1 atom stereocenters. The summed E-state index contributed by atoms with van der Waals surface area (Å²) >= 11 is 0. The van der Waals surface area contributed by atoms with Crippen molar-refractivity contribution >= 4 is 23.4 Å². The second-order valence-corrected chi connectivity index (χ2v) is 7.67. The Balaban J connectivity index is 1.70. The van der Waals surface area contributed by atoms with Crippen LogP contribution in [0.25, 0.3) is 11.1 Å². The van der Waals surface area contributed by atoms with E-state index in [1.165, 1.54) is 30.0 Å². The SMILES string of the molecule is CC(=O)NC[C@H]1COC(=O)N1c1ccc(-c2ccc(=O)ccc2N2CCOCC2)c(F)c1. The Morgan fingerprint density at radius 3 is 2.53 bits per heavy atom. The average molecular weight is 441 g/mol. The van der Waals surface area contributed by atoms with E-state index in [2.05, 4.69) is 10.2 Å². The summed E-state index contributed by atoms with van der Waals surface area (Å²) < 4.78 is 25.9. The molecule has 2 heterocycles. The van der Waals surface area contributed by atoms with Crippen LogP contribution in [0.15, 0.2) is 47.3 Å². The number of morpholine rings is 1. The first-order valence-electron chi connectivity index (χ1n) is 10.4. The number of carbonyl (C=O) groups is 2. The lowest BCUT2D eigenvalue weighted by molar-refractivity contribution is -0.119. The minimum absolute atomic E-state index is 0.102. The average Bonchev–Trinajstić information content (AvgIpc) is 3.04. The first-order chi connectivity index (χ1) is 15.4. The van der Waals surface area contributed by atoms with Gasteiger partial charge in [-0.15, -0.1) is 0 Å². The smallest absolute Gasteiger partial charge is 0.414 e. The van der Waals surface area contributed by atoms with Crippen molar-refractivity contribution in [3.8, 4) is 11.1 Å². The predicted molar refractivity (Wildman–Crippen MR) is 117 cm³/mol. The number of nitrogens with one attached hydrogen (secondary N) is 1. The first kappa shape index (κ1) is 21.8. The third kappa shape index (κ3) is 4.57. The van der Waals surface area contributed by atoms with Gasteiger partial charge in [-0.3, -0.25) is 14.5 Å². The molecule has 0 spiro atoms. The van der Waals surface area contributed by atoms with Crippen molar-refractivity contribution < 1.29 is 23.5 Å². The molecule has 4 rings (SSSR count). The molecule has 2 aromatic rings. The lowest BCUT2D eigenvalue weighted by atomic mass is 10.0. The number of carbonyl (C=O) groups excluding carboxylic acids is 2. The highest BCUT2D eigenvalue weighted by Gasteiger charge is 2.34. The monoisotopic (exact) mass is 441 g/mol. The normalized spacial score (nSPS) is 18.4. The maximum atomic E-state index is 15.4. The van der Waals surface area contributed by atoms with Gasteiger partial charge in [0.15, 0.2) is 5.43 Å². The summed E-state index contributed by atoms with van der Waals surface area (Å²) in [5.74, 6) is -0.759.